The molecule has 1 fully saturated rings. The van der Waals surface area contributed by atoms with Crippen molar-refractivity contribution in [1.82, 2.24) is 5.32 Å². The van der Waals surface area contributed by atoms with Crippen LogP contribution in [0.3, 0.4) is 0 Å². The Balaban J connectivity index is 1.76. The van der Waals surface area contributed by atoms with Crippen LogP contribution in [0.5, 0.6) is 0 Å². The third-order valence-corrected chi connectivity index (χ3v) is 5.44. The van der Waals surface area contributed by atoms with Gasteiger partial charge in [-0.25, -0.2) is 4.99 Å². The van der Waals surface area contributed by atoms with Gasteiger partial charge in [-0.3, -0.25) is 9.59 Å². The lowest BCUT2D eigenvalue weighted by molar-refractivity contribution is -0.116. The van der Waals surface area contributed by atoms with E-state index in [9.17, 15) is 9.59 Å². The Labute approximate surface area is 159 Å². The van der Waals surface area contributed by atoms with Crippen molar-refractivity contribution in [3.05, 3.63) is 63.5 Å². The van der Waals surface area contributed by atoms with E-state index in [1.165, 1.54) is 11.8 Å². The summed E-state index contributed by atoms with van der Waals surface area (Å²) in [6.07, 6.45) is 0. The Hall–Kier alpha value is -2.57. The number of halogens is 1. The fourth-order valence-electron chi connectivity index (χ4n) is 2.92. The molecule has 0 radical (unpaired) electrons. The summed E-state index contributed by atoms with van der Waals surface area (Å²) in [6.45, 7) is 1.96. The summed E-state index contributed by atoms with van der Waals surface area (Å²) in [5, 5.41) is 3.80. The smallest absolute Gasteiger partial charge is 0.264 e. The molecule has 26 heavy (non-hydrogen) atoms. The van der Waals surface area contributed by atoms with Crippen molar-refractivity contribution in [2.75, 3.05) is 11.9 Å². The molecule has 1 N–H and O–H groups in total. The number of amides is 2. The topological polar surface area (TPSA) is 61.8 Å². The van der Waals surface area contributed by atoms with Gasteiger partial charge in [0, 0.05) is 17.6 Å². The molecule has 2 aliphatic rings. The maximum Gasteiger partial charge on any atom is 0.264 e. The first kappa shape index (κ1) is 16.9. The summed E-state index contributed by atoms with van der Waals surface area (Å²) in [4.78, 5) is 31.6. The molecule has 130 valence electrons. The van der Waals surface area contributed by atoms with Crippen molar-refractivity contribution < 1.29 is 9.59 Å². The maximum absolute atomic E-state index is 12.7. The summed E-state index contributed by atoms with van der Waals surface area (Å²) < 4.78 is 0. The lowest BCUT2D eigenvalue weighted by atomic mass is 10.0. The first-order chi connectivity index (χ1) is 12.4. The summed E-state index contributed by atoms with van der Waals surface area (Å²) in [5.41, 5.74) is 3.72. The molecular formula is C19H14ClN3O2S. The molecule has 0 aromatic heterocycles. The minimum atomic E-state index is -0.311. The minimum absolute atomic E-state index is 0.184. The number of nitrogens with one attached hydrogen (secondary N) is 1. The standard InChI is InChI=1S/C19H14ClN3O2S/c1-10-3-8-14-13(9-10)15(18(25)23(14)2)16-17(24)22-19(26-16)21-12-6-4-11(20)5-7-12/h3-9H,1-2H3,(H,21,22,24). The molecule has 4 rings (SSSR count). The first-order valence-corrected chi connectivity index (χ1v) is 9.10. The molecule has 2 amide bonds. The zero-order valence-electron chi connectivity index (χ0n) is 14.0. The molecule has 5 nitrogen and oxygen atoms in total. The van der Waals surface area contributed by atoms with Gasteiger partial charge in [-0.15, -0.1) is 0 Å². The van der Waals surface area contributed by atoms with Crippen LogP contribution in [0.2, 0.25) is 5.02 Å². The van der Waals surface area contributed by atoms with Gasteiger partial charge >= 0.3 is 0 Å². The van der Waals surface area contributed by atoms with Crippen molar-refractivity contribution in [3.8, 4) is 0 Å². The predicted octanol–water partition coefficient (Wildman–Crippen LogP) is 3.89. The summed E-state index contributed by atoms with van der Waals surface area (Å²) in [5.74, 6) is -0.496. The van der Waals surface area contributed by atoms with Crippen LogP contribution < -0.4 is 10.2 Å². The van der Waals surface area contributed by atoms with E-state index in [1.54, 1.807) is 36.2 Å². The number of aliphatic imine (C=N–C) groups is 1. The highest BCUT2D eigenvalue weighted by atomic mass is 35.5. The van der Waals surface area contributed by atoms with Crippen LogP contribution in [0.25, 0.3) is 5.57 Å². The number of hydrogen-bond acceptors (Lipinski definition) is 4. The average Bonchev–Trinajstić information content (AvgIpc) is 3.07. The van der Waals surface area contributed by atoms with Gasteiger partial charge in [0.1, 0.15) is 0 Å². The number of aryl methyl sites for hydroxylation is 1. The van der Waals surface area contributed by atoms with Crippen LogP contribution in [-0.2, 0) is 9.59 Å². The third-order valence-electron chi connectivity index (χ3n) is 4.21. The van der Waals surface area contributed by atoms with Gasteiger partial charge < -0.3 is 10.2 Å². The molecule has 0 atom stereocenters. The normalized spacial score (nSPS) is 20.7. The monoisotopic (exact) mass is 383 g/mol. The van der Waals surface area contributed by atoms with Crippen molar-refractivity contribution in [2.24, 2.45) is 4.99 Å². The Morgan fingerprint density at radius 2 is 1.85 bits per heavy atom. The van der Waals surface area contributed by atoms with E-state index >= 15 is 0 Å². The first-order valence-electron chi connectivity index (χ1n) is 7.91. The number of nitrogens with zero attached hydrogens (tertiary/aromatic N) is 2. The van der Waals surface area contributed by atoms with E-state index in [-0.39, 0.29) is 11.8 Å². The van der Waals surface area contributed by atoms with Crippen molar-refractivity contribution in [1.29, 1.82) is 0 Å². The summed E-state index contributed by atoms with van der Waals surface area (Å²) in [7, 11) is 1.71. The molecule has 7 heteroatoms. The SMILES string of the molecule is Cc1ccc2c(c1)C(=C1SC(=Nc3ccc(Cl)cc3)NC1=O)C(=O)N2C. The van der Waals surface area contributed by atoms with Gasteiger partial charge in [-0.05, 0) is 55.1 Å². The van der Waals surface area contributed by atoms with Gasteiger partial charge in [0.05, 0.1) is 21.9 Å². The second kappa shape index (κ2) is 6.30. The van der Waals surface area contributed by atoms with Crippen LogP contribution in [0.4, 0.5) is 11.4 Å². The van der Waals surface area contributed by atoms with E-state index in [4.69, 9.17) is 11.6 Å². The zero-order valence-corrected chi connectivity index (χ0v) is 15.6. The number of benzene rings is 2. The number of amidine groups is 1. The van der Waals surface area contributed by atoms with Gasteiger partial charge in [-0.1, -0.05) is 23.2 Å². The van der Waals surface area contributed by atoms with Gasteiger partial charge in [0.25, 0.3) is 11.8 Å². The number of carbonyl (C=O) groups excluding carboxylic acids is 2. The number of likely N-dealkylation sites (N-methyl/N-ethyl adjacent to an activating group) is 1. The lowest BCUT2D eigenvalue weighted by Crippen LogP contribution is -2.23. The Bertz CT molecular complexity index is 1010. The number of anilines is 1. The molecule has 1 saturated heterocycles. The second-order valence-electron chi connectivity index (χ2n) is 6.04. The van der Waals surface area contributed by atoms with Crippen molar-refractivity contribution in [3.63, 3.8) is 0 Å². The molecule has 2 aromatic rings. The third kappa shape index (κ3) is 2.81. The summed E-state index contributed by atoms with van der Waals surface area (Å²) >= 11 is 7.06. The van der Waals surface area contributed by atoms with E-state index in [0.717, 1.165) is 16.8 Å². The van der Waals surface area contributed by atoms with Crippen LogP contribution in [0.15, 0.2) is 52.4 Å². The zero-order chi connectivity index (χ0) is 18.4. The molecule has 0 bridgehead atoms. The highest BCUT2D eigenvalue weighted by Crippen LogP contribution is 2.42. The molecule has 0 spiro atoms. The Morgan fingerprint density at radius 1 is 1.12 bits per heavy atom. The second-order valence-corrected chi connectivity index (χ2v) is 7.47. The number of carbonyl (C=O) groups is 2. The van der Waals surface area contributed by atoms with Gasteiger partial charge in [-0.2, -0.15) is 0 Å². The highest BCUT2D eigenvalue weighted by molar-refractivity contribution is 8.18. The van der Waals surface area contributed by atoms with E-state index in [1.807, 2.05) is 25.1 Å². The fraction of sp³-hybridized carbons (Fsp3) is 0.105. The van der Waals surface area contributed by atoms with Crippen molar-refractivity contribution in [2.45, 2.75) is 6.92 Å². The van der Waals surface area contributed by atoms with E-state index in [2.05, 4.69) is 10.3 Å². The van der Waals surface area contributed by atoms with Crippen LogP contribution in [0, 0.1) is 6.92 Å². The molecule has 0 aliphatic carbocycles. The number of thioether (sulfide) groups is 1. The van der Waals surface area contributed by atoms with Crippen LogP contribution in [-0.4, -0.2) is 24.0 Å². The Morgan fingerprint density at radius 3 is 2.58 bits per heavy atom. The molecular weight excluding hydrogens is 370 g/mol. The number of hydrogen-bond donors (Lipinski definition) is 1. The van der Waals surface area contributed by atoms with E-state index < -0.39 is 0 Å². The largest absolute Gasteiger partial charge is 0.311 e. The van der Waals surface area contributed by atoms with Crippen LogP contribution >= 0.6 is 23.4 Å². The number of rotatable bonds is 1. The van der Waals surface area contributed by atoms with Gasteiger partial charge in [0.15, 0.2) is 5.17 Å². The average molecular weight is 384 g/mol. The lowest BCUT2D eigenvalue weighted by Gasteiger charge is -2.08. The molecule has 0 unspecified atom stereocenters. The Kier molecular flexibility index (Phi) is 4.09. The molecule has 2 aromatic carbocycles. The summed E-state index contributed by atoms with van der Waals surface area (Å²) in [6, 6.07) is 12.8. The van der Waals surface area contributed by atoms with Gasteiger partial charge in [0.2, 0.25) is 0 Å². The maximum atomic E-state index is 12.7. The van der Waals surface area contributed by atoms with Crippen LogP contribution in [0.1, 0.15) is 11.1 Å². The molecule has 2 heterocycles. The fourth-order valence-corrected chi connectivity index (χ4v) is 3.98. The predicted molar refractivity (Wildman–Crippen MR) is 106 cm³/mol. The van der Waals surface area contributed by atoms with Crippen molar-refractivity contribution >= 4 is 57.3 Å². The minimum Gasteiger partial charge on any atom is -0.311 e. The molecule has 2 aliphatic heterocycles. The number of fused-ring (bicyclic) bond motifs is 1. The van der Waals surface area contributed by atoms with E-state index in [0.29, 0.717) is 26.4 Å². The molecule has 0 saturated carbocycles. The highest BCUT2D eigenvalue weighted by Gasteiger charge is 2.38. The quantitative estimate of drug-likeness (QED) is 0.760.